The maximum atomic E-state index is 11.6. The number of ether oxygens (including phenoxy) is 1. The summed E-state index contributed by atoms with van der Waals surface area (Å²) < 4.78 is 5.29. The topological polar surface area (TPSA) is 50.4 Å². The number of hydrogen-bond acceptors (Lipinski definition) is 4. The van der Waals surface area contributed by atoms with Crippen molar-refractivity contribution < 1.29 is 9.53 Å². The summed E-state index contributed by atoms with van der Waals surface area (Å²) in [5.74, 6) is 2.60. The van der Waals surface area contributed by atoms with Crippen molar-refractivity contribution in [2.75, 3.05) is 31.4 Å². The van der Waals surface area contributed by atoms with Crippen LogP contribution in [-0.2, 0) is 9.53 Å². The van der Waals surface area contributed by atoms with Gasteiger partial charge in [0.1, 0.15) is 0 Å². The minimum absolute atomic E-state index is 0.0230. The fraction of sp³-hybridized carbons (Fsp3) is 0.900. The largest absolute Gasteiger partial charge is 0.381 e. The van der Waals surface area contributed by atoms with Gasteiger partial charge in [-0.15, -0.1) is 11.8 Å². The number of nitrogens with one attached hydrogen (secondary N) is 2. The Morgan fingerprint density at radius 1 is 1.60 bits per heavy atom. The van der Waals surface area contributed by atoms with Gasteiger partial charge >= 0.3 is 0 Å². The molecule has 5 heteroatoms. The number of hydrogen-bond donors (Lipinski definition) is 2. The summed E-state index contributed by atoms with van der Waals surface area (Å²) in [6, 6.07) is 0.0230. The summed E-state index contributed by atoms with van der Waals surface area (Å²) >= 11 is 1.78. The molecular formula is C10H18N2O2S. The number of thioether (sulfide) groups is 1. The van der Waals surface area contributed by atoms with Gasteiger partial charge in [0.2, 0.25) is 5.91 Å². The molecule has 0 aromatic rings. The summed E-state index contributed by atoms with van der Waals surface area (Å²) in [4.78, 5) is 11.6. The molecule has 0 aliphatic carbocycles. The van der Waals surface area contributed by atoms with Crippen LogP contribution in [0, 0.1) is 5.92 Å². The molecule has 15 heavy (non-hydrogen) atoms. The predicted molar refractivity (Wildman–Crippen MR) is 60.8 cm³/mol. The molecule has 0 aromatic heterocycles. The van der Waals surface area contributed by atoms with Crippen LogP contribution in [0.5, 0.6) is 0 Å². The van der Waals surface area contributed by atoms with Crippen molar-refractivity contribution in [1.82, 2.24) is 10.6 Å². The van der Waals surface area contributed by atoms with E-state index in [1.165, 1.54) is 0 Å². The summed E-state index contributed by atoms with van der Waals surface area (Å²) in [6.45, 7) is 2.54. The zero-order chi connectivity index (χ0) is 10.5. The monoisotopic (exact) mass is 230 g/mol. The standard InChI is InChI=1S/C10H18N2O2S/c13-10(9-6-15-7-12-9)11-3-1-8-2-4-14-5-8/h8-9,12H,1-7H2,(H,11,13). The molecule has 0 radical (unpaired) electrons. The van der Waals surface area contributed by atoms with Crippen molar-refractivity contribution in [3.63, 3.8) is 0 Å². The molecule has 2 aliphatic rings. The molecule has 2 unspecified atom stereocenters. The smallest absolute Gasteiger partial charge is 0.238 e. The quantitative estimate of drug-likeness (QED) is 0.724. The molecule has 2 heterocycles. The molecule has 2 aliphatic heterocycles. The first-order valence-electron chi connectivity index (χ1n) is 5.53. The van der Waals surface area contributed by atoms with Gasteiger partial charge in [-0.1, -0.05) is 0 Å². The van der Waals surface area contributed by atoms with Gasteiger partial charge in [0.05, 0.1) is 6.04 Å². The highest BCUT2D eigenvalue weighted by Crippen LogP contribution is 2.15. The minimum Gasteiger partial charge on any atom is -0.381 e. The maximum Gasteiger partial charge on any atom is 0.238 e. The molecule has 1 amide bonds. The van der Waals surface area contributed by atoms with Crippen LogP contribution in [0.3, 0.4) is 0 Å². The number of carbonyl (C=O) groups excluding carboxylic acids is 1. The normalized spacial score (nSPS) is 30.7. The van der Waals surface area contributed by atoms with Gasteiger partial charge in [-0.3, -0.25) is 10.1 Å². The van der Waals surface area contributed by atoms with E-state index in [9.17, 15) is 4.79 Å². The lowest BCUT2D eigenvalue weighted by molar-refractivity contribution is -0.122. The molecule has 0 spiro atoms. The molecule has 2 rings (SSSR count). The van der Waals surface area contributed by atoms with E-state index in [2.05, 4.69) is 10.6 Å². The molecule has 2 N–H and O–H groups in total. The highest BCUT2D eigenvalue weighted by atomic mass is 32.2. The van der Waals surface area contributed by atoms with Crippen molar-refractivity contribution in [3.05, 3.63) is 0 Å². The average molecular weight is 230 g/mol. The first kappa shape index (κ1) is 11.2. The van der Waals surface area contributed by atoms with Crippen molar-refractivity contribution in [2.24, 2.45) is 5.92 Å². The molecule has 0 bridgehead atoms. The van der Waals surface area contributed by atoms with Crippen LogP contribution >= 0.6 is 11.8 Å². The highest BCUT2D eigenvalue weighted by Gasteiger charge is 2.22. The Hall–Kier alpha value is -0.260. The second-order valence-electron chi connectivity index (χ2n) is 4.08. The Kier molecular flexibility index (Phi) is 4.29. The maximum absolute atomic E-state index is 11.6. The Balaban J connectivity index is 1.58. The fourth-order valence-electron chi connectivity index (χ4n) is 1.90. The fourth-order valence-corrected chi connectivity index (χ4v) is 2.84. The van der Waals surface area contributed by atoms with Crippen molar-refractivity contribution in [2.45, 2.75) is 18.9 Å². The summed E-state index contributed by atoms with van der Waals surface area (Å²) in [6.07, 6.45) is 2.19. The molecule has 0 aromatic carbocycles. The second kappa shape index (κ2) is 5.72. The second-order valence-corrected chi connectivity index (χ2v) is 5.11. The lowest BCUT2D eigenvalue weighted by Crippen LogP contribution is -2.42. The van der Waals surface area contributed by atoms with Gasteiger partial charge in [-0.05, 0) is 18.8 Å². The number of rotatable bonds is 4. The van der Waals surface area contributed by atoms with Crippen LogP contribution in [0.4, 0.5) is 0 Å². The van der Waals surface area contributed by atoms with Gasteiger partial charge in [0.15, 0.2) is 0 Å². The Bertz CT molecular complexity index is 213. The van der Waals surface area contributed by atoms with Gasteiger partial charge in [-0.2, -0.15) is 0 Å². The van der Waals surface area contributed by atoms with Crippen LogP contribution in [0.25, 0.3) is 0 Å². The Labute approximate surface area is 94.5 Å². The van der Waals surface area contributed by atoms with Gasteiger partial charge < -0.3 is 10.1 Å². The van der Waals surface area contributed by atoms with Crippen molar-refractivity contribution in [1.29, 1.82) is 0 Å². The van der Waals surface area contributed by atoms with Crippen LogP contribution in [0.2, 0.25) is 0 Å². The van der Waals surface area contributed by atoms with E-state index >= 15 is 0 Å². The van der Waals surface area contributed by atoms with Gasteiger partial charge in [0, 0.05) is 31.4 Å². The third kappa shape index (κ3) is 3.36. The van der Waals surface area contributed by atoms with Gasteiger partial charge in [0.25, 0.3) is 0 Å². The zero-order valence-electron chi connectivity index (χ0n) is 8.83. The predicted octanol–water partition coefficient (Wildman–Crippen LogP) is 0.192. The van der Waals surface area contributed by atoms with E-state index in [4.69, 9.17) is 4.74 Å². The highest BCUT2D eigenvalue weighted by molar-refractivity contribution is 7.99. The van der Waals surface area contributed by atoms with E-state index < -0.39 is 0 Å². The van der Waals surface area contributed by atoms with E-state index in [1.54, 1.807) is 11.8 Å². The van der Waals surface area contributed by atoms with E-state index in [1.807, 2.05) is 0 Å². The SMILES string of the molecule is O=C(NCCC1CCOC1)C1CSCN1. The molecule has 86 valence electrons. The molecule has 4 nitrogen and oxygen atoms in total. The van der Waals surface area contributed by atoms with Crippen molar-refractivity contribution in [3.8, 4) is 0 Å². The first-order chi connectivity index (χ1) is 7.36. The Morgan fingerprint density at radius 3 is 3.20 bits per heavy atom. The number of amides is 1. The van der Waals surface area contributed by atoms with Crippen molar-refractivity contribution >= 4 is 17.7 Å². The van der Waals surface area contributed by atoms with E-state index in [0.717, 1.165) is 44.2 Å². The molecule has 2 fully saturated rings. The lowest BCUT2D eigenvalue weighted by Gasteiger charge is -2.12. The van der Waals surface area contributed by atoms with Crippen LogP contribution in [0.15, 0.2) is 0 Å². The molecule has 2 saturated heterocycles. The molecule has 2 atom stereocenters. The number of carbonyl (C=O) groups is 1. The van der Waals surface area contributed by atoms with Crippen LogP contribution < -0.4 is 10.6 Å². The van der Waals surface area contributed by atoms with Crippen LogP contribution in [-0.4, -0.2) is 43.3 Å². The van der Waals surface area contributed by atoms with E-state index in [-0.39, 0.29) is 11.9 Å². The summed E-state index contributed by atoms with van der Waals surface area (Å²) in [7, 11) is 0. The van der Waals surface area contributed by atoms with Gasteiger partial charge in [-0.25, -0.2) is 0 Å². The third-order valence-electron chi connectivity index (χ3n) is 2.91. The van der Waals surface area contributed by atoms with E-state index in [0.29, 0.717) is 5.92 Å². The molecule has 0 saturated carbocycles. The molecular weight excluding hydrogens is 212 g/mol. The minimum atomic E-state index is 0.0230. The summed E-state index contributed by atoms with van der Waals surface area (Å²) in [5, 5.41) is 6.14. The Morgan fingerprint density at radius 2 is 2.53 bits per heavy atom. The first-order valence-corrected chi connectivity index (χ1v) is 6.68. The average Bonchev–Trinajstić information content (AvgIpc) is 2.90. The van der Waals surface area contributed by atoms with Crippen LogP contribution in [0.1, 0.15) is 12.8 Å². The lowest BCUT2D eigenvalue weighted by atomic mass is 10.1. The zero-order valence-corrected chi connectivity index (χ0v) is 9.65. The summed E-state index contributed by atoms with van der Waals surface area (Å²) in [5.41, 5.74) is 0. The third-order valence-corrected chi connectivity index (χ3v) is 3.85.